The van der Waals surface area contributed by atoms with Crippen molar-refractivity contribution in [2.24, 2.45) is 7.05 Å². The molecule has 1 atom stereocenters. The van der Waals surface area contributed by atoms with E-state index in [1.165, 1.54) is 10.2 Å². The second-order valence-electron chi connectivity index (χ2n) is 9.44. The highest BCUT2D eigenvalue weighted by atomic mass is 16.7. The number of piperazine rings is 1. The highest BCUT2D eigenvalue weighted by Gasteiger charge is 2.31. The fourth-order valence-electron chi connectivity index (χ4n) is 5.41. The average Bonchev–Trinajstić information content (AvgIpc) is 3.50. The summed E-state index contributed by atoms with van der Waals surface area (Å²) in [6.07, 6.45) is 2.32. The van der Waals surface area contributed by atoms with Crippen LogP contribution in [0.5, 0.6) is 11.5 Å². The molecule has 1 unspecified atom stereocenters. The molecule has 1 saturated heterocycles. The molecule has 2 aliphatic rings. The molecule has 186 valence electrons. The van der Waals surface area contributed by atoms with Gasteiger partial charge in [-0.1, -0.05) is 31.2 Å². The number of aryl methyl sites for hydroxylation is 1. The number of aromatic nitrogens is 3. The zero-order valence-electron chi connectivity index (χ0n) is 20.5. The zero-order chi connectivity index (χ0) is 24.8. The molecule has 0 N–H and O–H groups in total. The number of fused-ring (bicyclic) bond motifs is 4. The number of nitrogens with zero attached hydrogens (tertiary/aromatic N) is 5. The summed E-state index contributed by atoms with van der Waals surface area (Å²) >= 11 is 0. The number of ether oxygens (including phenoxy) is 2. The highest BCUT2D eigenvalue weighted by Crippen LogP contribution is 2.34. The number of amides is 1. The first-order valence-corrected chi connectivity index (χ1v) is 12.4. The van der Waals surface area contributed by atoms with Crippen LogP contribution in [0.1, 0.15) is 24.9 Å². The summed E-state index contributed by atoms with van der Waals surface area (Å²) in [5.41, 5.74) is 2.40. The van der Waals surface area contributed by atoms with Crippen LogP contribution < -0.4 is 15.0 Å². The molecule has 36 heavy (non-hydrogen) atoms. The van der Waals surface area contributed by atoms with Gasteiger partial charge in [0.1, 0.15) is 11.6 Å². The molecule has 2 aromatic carbocycles. The van der Waals surface area contributed by atoms with Crippen LogP contribution in [-0.2, 0) is 18.4 Å². The molecule has 0 radical (unpaired) electrons. The third-order valence-electron chi connectivity index (χ3n) is 7.32. The van der Waals surface area contributed by atoms with E-state index in [1.54, 1.807) is 13.2 Å². The topological polar surface area (TPSA) is 81.8 Å². The van der Waals surface area contributed by atoms with Gasteiger partial charge in [-0.05, 0) is 30.2 Å². The largest absolute Gasteiger partial charge is 0.454 e. The first-order valence-electron chi connectivity index (χ1n) is 12.4. The highest BCUT2D eigenvalue weighted by molar-refractivity contribution is 6.08. The smallest absolute Gasteiger partial charge is 0.291 e. The van der Waals surface area contributed by atoms with Crippen LogP contribution in [0.3, 0.4) is 0 Å². The summed E-state index contributed by atoms with van der Waals surface area (Å²) in [6.45, 7) is 5.95. The van der Waals surface area contributed by atoms with E-state index in [1.807, 2.05) is 52.8 Å². The number of carbonyl (C=O) groups excluding carboxylic acids is 1. The lowest BCUT2D eigenvalue weighted by Crippen LogP contribution is -2.50. The average molecular weight is 488 g/mol. The zero-order valence-corrected chi connectivity index (χ0v) is 20.5. The molecule has 0 saturated carbocycles. The lowest BCUT2D eigenvalue weighted by Gasteiger charge is -2.36. The third kappa shape index (κ3) is 3.71. The molecule has 9 heteroatoms. The van der Waals surface area contributed by atoms with E-state index >= 15 is 0 Å². The Morgan fingerprint density at radius 1 is 1.03 bits per heavy atom. The quantitative estimate of drug-likeness (QED) is 0.431. The van der Waals surface area contributed by atoms with Crippen molar-refractivity contribution >= 4 is 27.7 Å². The minimum absolute atomic E-state index is 0.0572. The SMILES string of the molecule is CCC(C(=O)N1CCN(Cc2ccc3c(c2)OCO3)CC1)n1c2ccccc2c2cnn(C)c(=O)c21. The van der Waals surface area contributed by atoms with E-state index < -0.39 is 6.04 Å². The van der Waals surface area contributed by atoms with Crippen LogP contribution in [-0.4, -0.2) is 63.0 Å². The first-order chi connectivity index (χ1) is 17.5. The number of carbonyl (C=O) groups is 1. The Labute approximate surface area is 208 Å². The van der Waals surface area contributed by atoms with Gasteiger partial charge >= 0.3 is 0 Å². The molecule has 1 amide bonds. The Morgan fingerprint density at radius 3 is 2.61 bits per heavy atom. The molecule has 9 nitrogen and oxygen atoms in total. The van der Waals surface area contributed by atoms with Crippen LogP contribution in [0.15, 0.2) is 53.5 Å². The summed E-state index contributed by atoms with van der Waals surface area (Å²) in [6, 6.07) is 13.5. The number of rotatable bonds is 5. The van der Waals surface area contributed by atoms with Gasteiger partial charge < -0.3 is 18.9 Å². The molecule has 4 heterocycles. The molecule has 1 fully saturated rings. The molecular formula is C27H29N5O4. The van der Waals surface area contributed by atoms with Crippen molar-refractivity contribution in [3.8, 4) is 11.5 Å². The van der Waals surface area contributed by atoms with Crippen molar-refractivity contribution < 1.29 is 14.3 Å². The van der Waals surface area contributed by atoms with Gasteiger partial charge in [0.05, 0.1) is 11.7 Å². The van der Waals surface area contributed by atoms with Crippen LogP contribution in [0.25, 0.3) is 21.8 Å². The Kier molecular flexibility index (Phi) is 5.64. The molecule has 0 aliphatic carbocycles. The lowest BCUT2D eigenvalue weighted by atomic mass is 10.1. The number of hydrogen-bond acceptors (Lipinski definition) is 6. The molecular weight excluding hydrogens is 458 g/mol. The van der Waals surface area contributed by atoms with Gasteiger partial charge in [0.2, 0.25) is 12.7 Å². The number of para-hydroxylation sites is 1. The summed E-state index contributed by atoms with van der Waals surface area (Å²) in [4.78, 5) is 31.3. The second-order valence-corrected chi connectivity index (χ2v) is 9.44. The van der Waals surface area contributed by atoms with E-state index in [4.69, 9.17) is 9.47 Å². The van der Waals surface area contributed by atoms with Gasteiger partial charge in [-0.3, -0.25) is 14.5 Å². The van der Waals surface area contributed by atoms with Crippen molar-refractivity contribution in [2.45, 2.75) is 25.9 Å². The first kappa shape index (κ1) is 22.6. The normalized spacial score (nSPS) is 16.7. The maximum Gasteiger partial charge on any atom is 0.291 e. The summed E-state index contributed by atoms with van der Waals surface area (Å²) in [5.74, 6) is 1.64. The predicted octanol–water partition coefficient (Wildman–Crippen LogP) is 2.91. The Morgan fingerprint density at radius 2 is 1.81 bits per heavy atom. The van der Waals surface area contributed by atoms with Gasteiger partial charge in [-0.15, -0.1) is 0 Å². The van der Waals surface area contributed by atoms with Crippen LogP contribution in [0.4, 0.5) is 0 Å². The van der Waals surface area contributed by atoms with E-state index in [9.17, 15) is 9.59 Å². The van der Waals surface area contributed by atoms with Gasteiger partial charge in [0, 0.05) is 50.5 Å². The van der Waals surface area contributed by atoms with E-state index in [0.29, 0.717) is 25.0 Å². The van der Waals surface area contributed by atoms with Gasteiger partial charge in [0.25, 0.3) is 5.56 Å². The fraction of sp³-hybridized carbons (Fsp3) is 0.370. The Bertz CT molecular complexity index is 1520. The molecule has 0 spiro atoms. The Balaban J connectivity index is 1.24. The number of hydrogen-bond donors (Lipinski definition) is 0. The van der Waals surface area contributed by atoms with Crippen LogP contribution >= 0.6 is 0 Å². The Hall–Kier alpha value is -3.85. The summed E-state index contributed by atoms with van der Waals surface area (Å²) in [5, 5.41) is 5.95. The van der Waals surface area contributed by atoms with Crippen molar-refractivity contribution in [3.05, 3.63) is 64.6 Å². The van der Waals surface area contributed by atoms with E-state index in [2.05, 4.69) is 16.1 Å². The molecule has 2 aliphatic heterocycles. The molecule has 2 aromatic heterocycles. The van der Waals surface area contributed by atoms with Crippen molar-refractivity contribution in [2.75, 3.05) is 33.0 Å². The minimum Gasteiger partial charge on any atom is -0.454 e. The minimum atomic E-state index is -0.456. The van der Waals surface area contributed by atoms with Crippen molar-refractivity contribution in [3.63, 3.8) is 0 Å². The van der Waals surface area contributed by atoms with Gasteiger partial charge in [0.15, 0.2) is 11.5 Å². The predicted molar refractivity (Wildman–Crippen MR) is 136 cm³/mol. The fourth-order valence-corrected chi connectivity index (χ4v) is 5.41. The van der Waals surface area contributed by atoms with E-state index in [0.717, 1.165) is 47.4 Å². The standard InChI is InChI=1S/C27H29N5O4/c1-3-21(32-22-7-5-4-6-19(22)20-15-28-29(2)27(34)25(20)32)26(33)31-12-10-30(11-13-31)16-18-8-9-23-24(14-18)36-17-35-23/h4-9,14-15,21H,3,10-13,16-17H2,1-2H3. The van der Waals surface area contributed by atoms with Gasteiger partial charge in [-0.2, -0.15) is 5.10 Å². The second kappa shape index (κ2) is 8.98. The summed E-state index contributed by atoms with van der Waals surface area (Å²) in [7, 11) is 1.64. The monoisotopic (exact) mass is 487 g/mol. The van der Waals surface area contributed by atoms with Crippen molar-refractivity contribution in [1.82, 2.24) is 24.1 Å². The van der Waals surface area contributed by atoms with Crippen LogP contribution in [0, 0.1) is 0 Å². The summed E-state index contributed by atoms with van der Waals surface area (Å²) < 4.78 is 14.2. The third-order valence-corrected chi connectivity index (χ3v) is 7.32. The molecule has 6 rings (SSSR count). The molecule has 4 aromatic rings. The van der Waals surface area contributed by atoms with Gasteiger partial charge in [-0.25, -0.2) is 4.68 Å². The van der Waals surface area contributed by atoms with E-state index in [-0.39, 0.29) is 18.3 Å². The molecule has 0 bridgehead atoms. The number of benzene rings is 2. The lowest BCUT2D eigenvalue weighted by molar-refractivity contribution is -0.136. The van der Waals surface area contributed by atoms with Crippen molar-refractivity contribution in [1.29, 1.82) is 0 Å². The van der Waals surface area contributed by atoms with Crippen LogP contribution in [0.2, 0.25) is 0 Å². The maximum absolute atomic E-state index is 13.8. The maximum atomic E-state index is 13.8.